The lowest BCUT2D eigenvalue weighted by Crippen LogP contribution is -2.30. The summed E-state index contributed by atoms with van der Waals surface area (Å²) in [5, 5.41) is 14.7. The van der Waals surface area contributed by atoms with E-state index in [9.17, 15) is 4.79 Å². The molecular formula is C21H31N5O2. The standard InChI is InChI=1S/C21H31N5O2/c1-14(2)9-12-28-19-13-17(6-5-15(19)3)23-21(27)20-16(4)26(25-24-20)18-7-10-22-11-8-18/h5-6,13-14,18,22H,7-12H2,1-4H3,(H,23,27). The fraction of sp³-hybridized carbons (Fsp3) is 0.571. The van der Waals surface area contributed by atoms with Crippen molar-refractivity contribution in [3.63, 3.8) is 0 Å². The maximum absolute atomic E-state index is 12.8. The Bertz CT molecular complexity index is 809. The van der Waals surface area contributed by atoms with Crippen molar-refractivity contribution in [1.82, 2.24) is 20.3 Å². The number of hydrogen-bond donors (Lipinski definition) is 2. The number of ether oxygens (including phenoxy) is 1. The van der Waals surface area contributed by atoms with Crippen LogP contribution >= 0.6 is 0 Å². The minimum Gasteiger partial charge on any atom is -0.493 e. The van der Waals surface area contributed by atoms with E-state index in [1.165, 1.54) is 0 Å². The highest BCUT2D eigenvalue weighted by molar-refractivity contribution is 6.03. The summed E-state index contributed by atoms with van der Waals surface area (Å²) in [4.78, 5) is 12.8. The molecular weight excluding hydrogens is 354 g/mol. The van der Waals surface area contributed by atoms with E-state index in [0.29, 0.717) is 29.9 Å². The first-order chi connectivity index (χ1) is 13.5. The van der Waals surface area contributed by atoms with Crippen molar-refractivity contribution in [3.8, 4) is 5.75 Å². The predicted molar refractivity (Wildman–Crippen MR) is 110 cm³/mol. The molecule has 0 spiro atoms. The second-order valence-corrected chi connectivity index (χ2v) is 7.91. The molecule has 1 fully saturated rings. The first-order valence-corrected chi connectivity index (χ1v) is 10.1. The van der Waals surface area contributed by atoms with Gasteiger partial charge in [-0.15, -0.1) is 5.10 Å². The van der Waals surface area contributed by atoms with Gasteiger partial charge in [0.1, 0.15) is 5.75 Å². The van der Waals surface area contributed by atoms with Gasteiger partial charge in [0.05, 0.1) is 18.3 Å². The average Bonchev–Trinajstić information content (AvgIpc) is 3.06. The third-order valence-electron chi connectivity index (χ3n) is 5.20. The number of hydrogen-bond acceptors (Lipinski definition) is 5. The molecule has 1 saturated heterocycles. The number of benzene rings is 1. The molecule has 1 amide bonds. The summed E-state index contributed by atoms with van der Waals surface area (Å²) in [6.07, 6.45) is 3.00. The summed E-state index contributed by atoms with van der Waals surface area (Å²) < 4.78 is 7.79. The van der Waals surface area contributed by atoms with Crippen LogP contribution < -0.4 is 15.4 Å². The van der Waals surface area contributed by atoms with E-state index < -0.39 is 0 Å². The van der Waals surface area contributed by atoms with Crippen LogP contribution in [-0.2, 0) is 0 Å². The number of piperidine rings is 1. The number of carbonyl (C=O) groups is 1. The lowest BCUT2D eigenvalue weighted by Gasteiger charge is -2.23. The van der Waals surface area contributed by atoms with Crippen LogP contribution in [0.4, 0.5) is 5.69 Å². The van der Waals surface area contributed by atoms with Crippen molar-refractivity contribution in [2.24, 2.45) is 5.92 Å². The molecule has 2 N–H and O–H groups in total. The van der Waals surface area contributed by atoms with E-state index in [1.54, 1.807) is 0 Å². The minimum absolute atomic E-state index is 0.241. The van der Waals surface area contributed by atoms with Gasteiger partial charge >= 0.3 is 0 Å². The highest BCUT2D eigenvalue weighted by Gasteiger charge is 2.23. The van der Waals surface area contributed by atoms with Crippen molar-refractivity contribution in [2.45, 2.75) is 53.0 Å². The molecule has 2 aromatic rings. The molecule has 152 valence electrons. The van der Waals surface area contributed by atoms with Crippen LogP contribution in [-0.4, -0.2) is 40.6 Å². The van der Waals surface area contributed by atoms with E-state index in [2.05, 4.69) is 34.8 Å². The number of carbonyl (C=O) groups excluding carboxylic acids is 1. The van der Waals surface area contributed by atoms with Crippen LogP contribution in [0.1, 0.15) is 60.9 Å². The molecule has 0 radical (unpaired) electrons. The first kappa shape index (κ1) is 20.3. The predicted octanol–water partition coefficient (Wildman–Crippen LogP) is 3.50. The van der Waals surface area contributed by atoms with Crippen LogP contribution in [0.15, 0.2) is 18.2 Å². The quantitative estimate of drug-likeness (QED) is 0.762. The Morgan fingerprint density at radius 1 is 1.32 bits per heavy atom. The second kappa shape index (κ2) is 9.19. The fourth-order valence-corrected chi connectivity index (χ4v) is 3.38. The van der Waals surface area contributed by atoms with Gasteiger partial charge in [0.25, 0.3) is 5.91 Å². The van der Waals surface area contributed by atoms with Crippen molar-refractivity contribution in [1.29, 1.82) is 0 Å². The van der Waals surface area contributed by atoms with Gasteiger partial charge in [0, 0.05) is 11.8 Å². The number of nitrogens with zero attached hydrogens (tertiary/aromatic N) is 3. The molecule has 0 bridgehead atoms. The Morgan fingerprint density at radius 3 is 2.79 bits per heavy atom. The molecule has 7 nitrogen and oxygen atoms in total. The van der Waals surface area contributed by atoms with E-state index in [0.717, 1.165) is 49.4 Å². The van der Waals surface area contributed by atoms with Crippen molar-refractivity contribution in [3.05, 3.63) is 35.2 Å². The van der Waals surface area contributed by atoms with Gasteiger partial charge in [-0.2, -0.15) is 0 Å². The second-order valence-electron chi connectivity index (χ2n) is 7.91. The third kappa shape index (κ3) is 4.90. The normalized spacial score (nSPS) is 15.0. The van der Waals surface area contributed by atoms with Gasteiger partial charge in [-0.3, -0.25) is 4.79 Å². The maximum Gasteiger partial charge on any atom is 0.278 e. The van der Waals surface area contributed by atoms with Crippen LogP contribution in [0.25, 0.3) is 0 Å². The average molecular weight is 386 g/mol. The molecule has 7 heteroatoms. The molecule has 2 heterocycles. The molecule has 1 aromatic heterocycles. The third-order valence-corrected chi connectivity index (χ3v) is 5.20. The Hall–Kier alpha value is -2.41. The van der Waals surface area contributed by atoms with Crippen LogP contribution in [0.2, 0.25) is 0 Å². The molecule has 1 aromatic carbocycles. The van der Waals surface area contributed by atoms with Gasteiger partial charge in [-0.1, -0.05) is 25.1 Å². The van der Waals surface area contributed by atoms with E-state index in [-0.39, 0.29) is 5.91 Å². The Morgan fingerprint density at radius 2 is 2.07 bits per heavy atom. The van der Waals surface area contributed by atoms with Crippen LogP contribution in [0.3, 0.4) is 0 Å². The number of aromatic nitrogens is 3. The molecule has 1 aliphatic heterocycles. The highest BCUT2D eigenvalue weighted by atomic mass is 16.5. The summed E-state index contributed by atoms with van der Waals surface area (Å²) in [7, 11) is 0. The smallest absolute Gasteiger partial charge is 0.278 e. The number of aryl methyl sites for hydroxylation is 1. The summed E-state index contributed by atoms with van der Waals surface area (Å²) in [6.45, 7) is 10.9. The van der Waals surface area contributed by atoms with Crippen LogP contribution in [0, 0.1) is 19.8 Å². The SMILES string of the molecule is Cc1ccc(NC(=O)c2nnn(C3CCNCC3)c2C)cc1OCCC(C)C. The molecule has 0 saturated carbocycles. The molecule has 3 rings (SSSR count). The fourth-order valence-electron chi connectivity index (χ4n) is 3.38. The van der Waals surface area contributed by atoms with Gasteiger partial charge in [-0.05, 0) is 63.7 Å². The minimum atomic E-state index is -0.241. The molecule has 28 heavy (non-hydrogen) atoms. The maximum atomic E-state index is 12.8. The lowest BCUT2D eigenvalue weighted by molar-refractivity contribution is 0.102. The zero-order valence-corrected chi connectivity index (χ0v) is 17.3. The van der Waals surface area contributed by atoms with Crippen molar-refractivity contribution < 1.29 is 9.53 Å². The first-order valence-electron chi connectivity index (χ1n) is 10.1. The Labute approximate surface area is 166 Å². The molecule has 0 aliphatic carbocycles. The summed E-state index contributed by atoms with van der Waals surface area (Å²) in [6, 6.07) is 6.02. The summed E-state index contributed by atoms with van der Waals surface area (Å²) in [5.74, 6) is 1.15. The van der Waals surface area contributed by atoms with Crippen molar-refractivity contribution in [2.75, 3.05) is 25.0 Å². The Kier molecular flexibility index (Phi) is 6.67. The van der Waals surface area contributed by atoms with Crippen LogP contribution in [0.5, 0.6) is 5.75 Å². The zero-order chi connectivity index (χ0) is 20.1. The van der Waals surface area contributed by atoms with E-state index in [4.69, 9.17) is 4.74 Å². The largest absolute Gasteiger partial charge is 0.493 e. The topological polar surface area (TPSA) is 81.1 Å². The molecule has 0 atom stereocenters. The van der Waals surface area contributed by atoms with Gasteiger partial charge in [0.15, 0.2) is 5.69 Å². The van der Waals surface area contributed by atoms with Gasteiger partial charge in [-0.25, -0.2) is 4.68 Å². The highest BCUT2D eigenvalue weighted by Crippen LogP contribution is 2.24. The lowest BCUT2D eigenvalue weighted by atomic mass is 10.1. The van der Waals surface area contributed by atoms with Crippen molar-refractivity contribution >= 4 is 11.6 Å². The van der Waals surface area contributed by atoms with Gasteiger partial charge in [0.2, 0.25) is 0 Å². The summed E-state index contributed by atoms with van der Waals surface area (Å²) in [5.41, 5.74) is 2.94. The molecule has 0 unspecified atom stereocenters. The number of rotatable bonds is 7. The Balaban J connectivity index is 1.68. The number of nitrogens with one attached hydrogen (secondary N) is 2. The van der Waals surface area contributed by atoms with E-state index >= 15 is 0 Å². The number of anilines is 1. The van der Waals surface area contributed by atoms with Gasteiger partial charge < -0.3 is 15.4 Å². The number of amides is 1. The monoisotopic (exact) mass is 385 g/mol. The summed E-state index contributed by atoms with van der Waals surface area (Å²) >= 11 is 0. The molecule has 1 aliphatic rings. The van der Waals surface area contributed by atoms with E-state index in [1.807, 2.05) is 36.7 Å². The zero-order valence-electron chi connectivity index (χ0n) is 17.3.